The Morgan fingerprint density at radius 3 is 2.35 bits per heavy atom. The number of benzene rings is 1. The van der Waals surface area contributed by atoms with Gasteiger partial charge in [-0.1, -0.05) is 12.1 Å². The van der Waals surface area contributed by atoms with E-state index in [1.54, 1.807) is 12.1 Å². The lowest BCUT2D eigenvalue weighted by atomic mass is 10.1. The molecule has 0 bridgehead atoms. The first kappa shape index (κ1) is 13.1. The van der Waals surface area contributed by atoms with Crippen molar-refractivity contribution in [3.8, 4) is 5.75 Å². The van der Waals surface area contributed by atoms with Gasteiger partial charge in [0.1, 0.15) is 18.4 Å². The number of hydrogen-bond donors (Lipinski definition) is 3. The van der Waals surface area contributed by atoms with Crippen LogP contribution in [0.3, 0.4) is 0 Å². The first-order valence-electron chi connectivity index (χ1n) is 4.92. The normalized spacial score (nSPS) is 11.9. The molecule has 17 heavy (non-hydrogen) atoms. The summed E-state index contributed by atoms with van der Waals surface area (Å²) in [4.78, 5) is 21.3. The van der Waals surface area contributed by atoms with E-state index in [2.05, 4.69) is 0 Å². The number of aliphatic hydroxyl groups excluding tert-OH is 1. The largest absolute Gasteiger partial charge is 0.480 e. The number of carboxylic acid groups (broad SMARTS) is 1. The van der Waals surface area contributed by atoms with E-state index in [1.165, 1.54) is 12.1 Å². The van der Waals surface area contributed by atoms with Crippen LogP contribution in [0, 0.1) is 0 Å². The number of carbonyl (C=O) groups excluding carboxylic acids is 1. The highest BCUT2D eigenvalue weighted by atomic mass is 16.5. The fraction of sp³-hybridized carbons (Fsp3) is 0.273. The van der Waals surface area contributed by atoms with Gasteiger partial charge in [0, 0.05) is 0 Å². The van der Waals surface area contributed by atoms with E-state index in [0.717, 1.165) is 5.56 Å². The van der Waals surface area contributed by atoms with Gasteiger partial charge in [-0.3, -0.25) is 4.79 Å². The fourth-order valence-corrected chi connectivity index (χ4v) is 1.20. The second kappa shape index (κ2) is 5.97. The van der Waals surface area contributed by atoms with Crippen molar-refractivity contribution in [3.05, 3.63) is 29.8 Å². The highest BCUT2D eigenvalue weighted by Crippen LogP contribution is 2.13. The van der Waals surface area contributed by atoms with Crippen molar-refractivity contribution in [2.24, 2.45) is 5.73 Å². The lowest BCUT2D eigenvalue weighted by molar-refractivity contribution is -0.138. The molecule has 92 valence electrons. The smallest absolute Gasteiger partial charge is 0.337 e. The number of carbonyl (C=O) groups is 2. The summed E-state index contributed by atoms with van der Waals surface area (Å²) in [5.74, 6) is -1.53. The molecule has 0 saturated heterocycles. The summed E-state index contributed by atoms with van der Waals surface area (Å²) in [5, 5.41) is 17.1. The molecule has 6 nitrogen and oxygen atoms in total. The summed E-state index contributed by atoms with van der Waals surface area (Å²) in [6.45, 7) is -0.689. The second-order valence-corrected chi connectivity index (χ2v) is 3.42. The number of rotatable bonds is 5. The number of hydrogen-bond acceptors (Lipinski definition) is 5. The van der Waals surface area contributed by atoms with Gasteiger partial charge in [0.2, 0.25) is 0 Å². The average molecular weight is 239 g/mol. The van der Waals surface area contributed by atoms with E-state index >= 15 is 0 Å². The van der Waals surface area contributed by atoms with Crippen LogP contribution in [-0.2, 0) is 16.0 Å². The van der Waals surface area contributed by atoms with E-state index in [4.69, 9.17) is 20.7 Å². The Morgan fingerprint density at radius 2 is 1.88 bits per heavy atom. The summed E-state index contributed by atoms with van der Waals surface area (Å²) < 4.78 is 4.73. The lowest BCUT2D eigenvalue weighted by Crippen LogP contribution is -2.32. The quantitative estimate of drug-likeness (QED) is 0.473. The van der Waals surface area contributed by atoms with Crippen molar-refractivity contribution in [2.75, 3.05) is 6.61 Å². The maximum absolute atomic E-state index is 10.8. The second-order valence-electron chi connectivity index (χ2n) is 3.42. The van der Waals surface area contributed by atoms with Crippen LogP contribution < -0.4 is 10.5 Å². The van der Waals surface area contributed by atoms with Crippen LogP contribution >= 0.6 is 0 Å². The van der Waals surface area contributed by atoms with E-state index in [9.17, 15) is 9.59 Å². The molecule has 0 aliphatic rings. The van der Waals surface area contributed by atoms with Crippen LogP contribution in [0.25, 0.3) is 0 Å². The monoisotopic (exact) mass is 239 g/mol. The Balaban J connectivity index is 2.62. The third-order valence-corrected chi connectivity index (χ3v) is 2.06. The highest BCUT2D eigenvalue weighted by Gasteiger charge is 2.12. The Morgan fingerprint density at radius 1 is 1.29 bits per heavy atom. The molecule has 0 radical (unpaired) electrons. The molecular weight excluding hydrogens is 226 g/mol. The number of nitrogens with two attached hydrogens (primary N) is 1. The molecule has 6 heteroatoms. The van der Waals surface area contributed by atoms with Gasteiger partial charge in [-0.15, -0.1) is 0 Å². The van der Waals surface area contributed by atoms with Gasteiger partial charge in [-0.25, -0.2) is 4.79 Å². The van der Waals surface area contributed by atoms with Gasteiger partial charge < -0.3 is 20.7 Å². The van der Waals surface area contributed by atoms with E-state index in [-0.39, 0.29) is 12.2 Å². The molecule has 1 aromatic rings. The zero-order valence-electron chi connectivity index (χ0n) is 9.00. The Labute approximate surface area is 97.6 Å². The SMILES string of the molecule is NC(Cc1ccc(OC(=O)CO)cc1)C(=O)O. The molecular formula is C11H13NO5. The van der Waals surface area contributed by atoms with Crippen LogP contribution in [0.4, 0.5) is 0 Å². The van der Waals surface area contributed by atoms with Gasteiger partial charge >= 0.3 is 11.9 Å². The summed E-state index contributed by atoms with van der Waals surface area (Å²) >= 11 is 0. The minimum atomic E-state index is -1.07. The molecule has 4 N–H and O–H groups in total. The summed E-state index contributed by atoms with van der Waals surface area (Å²) in [6, 6.07) is 5.29. The van der Waals surface area contributed by atoms with Crippen LogP contribution in [0.5, 0.6) is 5.75 Å². The van der Waals surface area contributed by atoms with Crippen molar-refractivity contribution < 1.29 is 24.5 Å². The van der Waals surface area contributed by atoms with Gasteiger partial charge in [-0.05, 0) is 24.1 Å². The summed E-state index contributed by atoms with van der Waals surface area (Å²) in [7, 11) is 0. The molecule has 1 atom stereocenters. The van der Waals surface area contributed by atoms with Crippen LogP contribution in [0.2, 0.25) is 0 Å². The first-order chi connectivity index (χ1) is 8.02. The molecule has 0 spiro atoms. The minimum absolute atomic E-state index is 0.198. The summed E-state index contributed by atoms with van der Waals surface area (Å²) in [6.07, 6.45) is 0.198. The number of aliphatic hydroxyl groups is 1. The number of aliphatic carboxylic acids is 1. The number of ether oxygens (including phenoxy) is 1. The third kappa shape index (κ3) is 4.21. The molecule has 0 amide bonds. The maximum atomic E-state index is 10.8. The van der Waals surface area contributed by atoms with Crippen molar-refractivity contribution in [1.82, 2.24) is 0 Å². The molecule has 0 aromatic heterocycles. The zero-order chi connectivity index (χ0) is 12.8. The van der Waals surface area contributed by atoms with Crippen LogP contribution in [0.15, 0.2) is 24.3 Å². The summed E-state index contributed by atoms with van der Waals surface area (Å²) in [5.41, 5.74) is 6.10. The van der Waals surface area contributed by atoms with Crippen LogP contribution in [-0.4, -0.2) is 34.8 Å². The molecule has 0 saturated carbocycles. The van der Waals surface area contributed by atoms with Gasteiger partial charge in [0.15, 0.2) is 0 Å². The fourth-order valence-electron chi connectivity index (χ4n) is 1.20. The molecule has 0 aliphatic heterocycles. The molecule has 1 unspecified atom stereocenters. The third-order valence-electron chi connectivity index (χ3n) is 2.06. The standard InChI is InChI=1S/C11H13NO5/c12-9(11(15)16)5-7-1-3-8(4-2-7)17-10(14)6-13/h1-4,9,13H,5-6,12H2,(H,15,16). The Kier molecular flexibility index (Phi) is 4.62. The van der Waals surface area contributed by atoms with E-state index < -0.39 is 24.6 Å². The predicted molar refractivity (Wildman–Crippen MR) is 58.5 cm³/mol. The minimum Gasteiger partial charge on any atom is -0.480 e. The van der Waals surface area contributed by atoms with Gasteiger partial charge in [-0.2, -0.15) is 0 Å². The van der Waals surface area contributed by atoms with Crippen molar-refractivity contribution in [3.63, 3.8) is 0 Å². The number of carboxylic acids is 1. The van der Waals surface area contributed by atoms with Gasteiger partial charge in [0.05, 0.1) is 0 Å². The zero-order valence-corrected chi connectivity index (χ0v) is 9.00. The first-order valence-corrected chi connectivity index (χ1v) is 4.92. The van der Waals surface area contributed by atoms with Gasteiger partial charge in [0.25, 0.3) is 0 Å². The molecule has 0 heterocycles. The predicted octanol–water partition coefficient (Wildman–Crippen LogP) is -0.461. The van der Waals surface area contributed by atoms with Crippen LogP contribution in [0.1, 0.15) is 5.56 Å². The number of esters is 1. The van der Waals surface area contributed by atoms with Crippen molar-refractivity contribution >= 4 is 11.9 Å². The maximum Gasteiger partial charge on any atom is 0.337 e. The lowest BCUT2D eigenvalue weighted by Gasteiger charge is -2.07. The van der Waals surface area contributed by atoms with E-state index in [1.807, 2.05) is 0 Å². The van der Waals surface area contributed by atoms with E-state index in [0.29, 0.717) is 0 Å². The molecule has 1 aromatic carbocycles. The topological polar surface area (TPSA) is 110 Å². The average Bonchev–Trinajstić information content (AvgIpc) is 2.31. The molecule has 0 aliphatic carbocycles. The Bertz CT molecular complexity index is 401. The van der Waals surface area contributed by atoms with Crippen molar-refractivity contribution in [1.29, 1.82) is 0 Å². The van der Waals surface area contributed by atoms with Crippen molar-refractivity contribution in [2.45, 2.75) is 12.5 Å². The Hall–Kier alpha value is -1.92. The molecule has 1 rings (SSSR count). The molecule has 0 fully saturated rings. The highest BCUT2D eigenvalue weighted by molar-refractivity contribution is 5.74.